The van der Waals surface area contributed by atoms with Gasteiger partial charge in [-0.2, -0.15) is 4.98 Å². The number of aromatic nitrogens is 2. The van der Waals surface area contributed by atoms with E-state index in [0.717, 1.165) is 33.2 Å². The summed E-state index contributed by atoms with van der Waals surface area (Å²) < 4.78 is 6.26. The van der Waals surface area contributed by atoms with Gasteiger partial charge in [-0.25, -0.2) is 4.98 Å². The molecule has 0 unspecified atom stereocenters. The summed E-state index contributed by atoms with van der Waals surface area (Å²) in [7, 11) is 0. The van der Waals surface area contributed by atoms with E-state index in [-0.39, 0.29) is 10.8 Å². The molecule has 0 spiro atoms. The van der Waals surface area contributed by atoms with Crippen molar-refractivity contribution >= 4 is 22.1 Å². The molecule has 2 aromatic heterocycles. The molecule has 6 aromatic carbocycles. The predicted molar refractivity (Wildman–Crippen MR) is 201 cm³/mol. The maximum atomic E-state index is 6.26. The molecule has 8 aromatic rings. The number of hydrogen-bond donors (Lipinski definition) is 0. The molecule has 3 heteroatoms. The summed E-state index contributed by atoms with van der Waals surface area (Å²) in [6.07, 6.45) is 0. The molecular formula is C46H34N2O. The molecule has 3 nitrogen and oxygen atoms in total. The van der Waals surface area contributed by atoms with E-state index in [1.54, 1.807) is 0 Å². The summed E-state index contributed by atoms with van der Waals surface area (Å²) in [6.45, 7) is 9.47. The van der Waals surface area contributed by atoms with Gasteiger partial charge in [-0.15, -0.1) is 0 Å². The Morgan fingerprint density at radius 1 is 0.449 bits per heavy atom. The molecular weight excluding hydrogens is 597 g/mol. The smallest absolute Gasteiger partial charge is 0.231 e. The number of furan rings is 1. The van der Waals surface area contributed by atoms with Crippen LogP contribution in [0.4, 0.5) is 0 Å². The Labute approximate surface area is 285 Å². The Bertz CT molecular complexity index is 2640. The zero-order valence-corrected chi connectivity index (χ0v) is 28.0. The van der Waals surface area contributed by atoms with Crippen molar-refractivity contribution < 1.29 is 4.42 Å². The number of hydrogen-bond acceptors (Lipinski definition) is 3. The zero-order chi connectivity index (χ0) is 33.1. The van der Waals surface area contributed by atoms with Gasteiger partial charge < -0.3 is 4.42 Å². The molecule has 10 rings (SSSR count). The number of para-hydroxylation sites is 1. The second kappa shape index (κ2) is 9.87. The molecule has 49 heavy (non-hydrogen) atoms. The van der Waals surface area contributed by atoms with Crippen LogP contribution < -0.4 is 0 Å². The van der Waals surface area contributed by atoms with Gasteiger partial charge in [0.25, 0.3) is 0 Å². The molecule has 2 aliphatic rings. The van der Waals surface area contributed by atoms with Crippen LogP contribution in [-0.2, 0) is 10.8 Å². The van der Waals surface area contributed by atoms with Crippen molar-refractivity contribution in [3.8, 4) is 56.0 Å². The van der Waals surface area contributed by atoms with Crippen molar-refractivity contribution in [3.05, 3.63) is 156 Å². The van der Waals surface area contributed by atoms with Crippen LogP contribution in [0.15, 0.2) is 138 Å². The fourth-order valence-corrected chi connectivity index (χ4v) is 8.48. The van der Waals surface area contributed by atoms with E-state index >= 15 is 0 Å². The Balaban J connectivity index is 1.04. The highest BCUT2D eigenvalue weighted by Gasteiger charge is 2.41. The van der Waals surface area contributed by atoms with E-state index in [1.165, 1.54) is 55.6 Å². The summed E-state index contributed by atoms with van der Waals surface area (Å²) in [4.78, 5) is 10.1. The van der Waals surface area contributed by atoms with Gasteiger partial charge in [-0.3, -0.25) is 0 Å². The molecule has 0 amide bonds. The maximum absolute atomic E-state index is 6.26. The van der Waals surface area contributed by atoms with E-state index in [4.69, 9.17) is 14.4 Å². The van der Waals surface area contributed by atoms with Crippen molar-refractivity contribution in [2.24, 2.45) is 0 Å². The number of fused-ring (bicyclic) bond motifs is 9. The lowest BCUT2D eigenvalue weighted by Gasteiger charge is -2.24. The third-order valence-electron chi connectivity index (χ3n) is 11.1. The molecule has 0 fully saturated rings. The summed E-state index contributed by atoms with van der Waals surface area (Å²) >= 11 is 0. The monoisotopic (exact) mass is 630 g/mol. The van der Waals surface area contributed by atoms with E-state index in [2.05, 4.69) is 125 Å². The number of nitrogens with zero attached hydrogens (tertiary/aromatic N) is 2. The molecule has 0 bridgehead atoms. The summed E-state index contributed by atoms with van der Waals surface area (Å²) in [5.41, 5.74) is 17.7. The molecule has 0 saturated heterocycles. The van der Waals surface area contributed by atoms with Gasteiger partial charge in [0.05, 0.1) is 11.1 Å². The normalized spacial score (nSPS) is 14.9. The van der Waals surface area contributed by atoms with Gasteiger partial charge >= 0.3 is 0 Å². The molecule has 2 heterocycles. The van der Waals surface area contributed by atoms with Gasteiger partial charge in [0, 0.05) is 27.3 Å². The highest BCUT2D eigenvalue weighted by molar-refractivity contribution is 6.10. The van der Waals surface area contributed by atoms with Crippen LogP contribution >= 0.6 is 0 Å². The molecule has 0 saturated carbocycles. The first kappa shape index (κ1) is 28.2. The Kier molecular flexibility index (Phi) is 5.69. The van der Waals surface area contributed by atoms with E-state index in [9.17, 15) is 0 Å². The molecule has 2 aliphatic carbocycles. The fraction of sp³-hybridized carbons (Fsp3) is 0.130. The average Bonchev–Trinajstić information content (AvgIpc) is 3.70. The highest BCUT2D eigenvalue weighted by Crippen LogP contribution is 2.56. The Hall–Kier alpha value is -5.80. The van der Waals surface area contributed by atoms with E-state index in [1.807, 2.05) is 36.4 Å². The zero-order valence-electron chi connectivity index (χ0n) is 28.0. The van der Waals surface area contributed by atoms with Crippen LogP contribution in [0.1, 0.15) is 49.9 Å². The SMILES string of the molecule is CC1(C)c2ccccc2-c2cc3c(cc21)-c1ccc(-c2ccc(-c4nc(-c5ccccc5)c5c(n4)oc4ccccc45)cc2)cc1C3(C)C. The first-order valence-electron chi connectivity index (χ1n) is 17.1. The predicted octanol–water partition coefficient (Wildman–Crippen LogP) is 12.0. The van der Waals surface area contributed by atoms with Crippen LogP contribution in [0.3, 0.4) is 0 Å². The number of rotatable bonds is 3. The highest BCUT2D eigenvalue weighted by atomic mass is 16.3. The summed E-state index contributed by atoms with van der Waals surface area (Å²) in [5.74, 6) is 0.653. The first-order valence-corrected chi connectivity index (χ1v) is 17.1. The standard InChI is InChI=1S/C46H34N2O/c1-45(2)36-16-10-8-14-31(36)34-25-39-35(26-38(34)45)32-23-22-30(24-37(32)46(39,3)4)27-18-20-29(21-19-27)43-47-42(28-12-6-5-7-13-28)41-33-15-9-11-17-40(33)49-44(41)48-43/h5-26H,1-4H3. The van der Waals surface area contributed by atoms with Crippen LogP contribution in [0.2, 0.25) is 0 Å². The van der Waals surface area contributed by atoms with Gasteiger partial charge in [0.2, 0.25) is 5.71 Å². The lowest BCUT2D eigenvalue weighted by atomic mass is 9.79. The van der Waals surface area contributed by atoms with Gasteiger partial charge in [-0.1, -0.05) is 137 Å². The molecule has 0 atom stereocenters. The third kappa shape index (κ3) is 3.96. The van der Waals surface area contributed by atoms with Crippen LogP contribution in [-0.4, -0.2) is 9.97 Å². The first-order chi connectivity index (χ1) is 23.8. The second-order valence-corrected chi connectivity index (χ2v) is 14.6. The number of benzene rings is 6. The van der Waals surface area contributed by atoms with Crippen molar-refractivity contribution in [1.29, 1.82) is 0 Å². The minimum Gasteiger partial charge on any atom is -0.438 e. The summed E-state index contributed by atoms with van der Waals surface area (Å²) in [5, 5.41) is 1.97. The van der Waals surface area contributed by atoms with Gasteiger partial charge in [0.1, 0.15) is 5.58 Å². The maximum Gasteiger partial charge on any atom is 0.231 e. The molecule has 0 radical (unpaired) electrons. The molecule has 234 valence electrons. The van der Waals surface area contributed by atoms with Gasteiger partial charge in [0.15, 0.2) is 5.82 Å². The lowest BCUT2D eigenvalue weighted by Crippen LogP contribution is -2.17. The van der Waals surface area contributed by atoms with Crippen molar-refractivity contribution in [2.45, 2.75) is 38.5 Å². The second-order valence-electron chi connectivity index (χ2n) is 14.6. The largest absolute Gasteiger partial charge is 0.438 e. The fourth-order valence-electron chi connectivity index (χ4n) is 8.48. The van der Waals surface area contributed by atoms with Crippen molar-refractivity contribution in [3.63, 3.8) is 0 Å². The Morgan fingerprint density at radius 3 is 1.82 bits per heavy atom. The van der Waals surface area contributed by atoms with Crippen LogP contribution in [0.25, 0.3) is 78.1 Å². The molecule has 0 N–H and O–H groups in total. The Morgan fingerprint density at radius 2 is 1.04 bits per heavy atom. The minimum absolute atomic E-state index is 0.0178. The van der Waals surface area contributed by atoms with Gasteiger partial charge in [-0.05, 0) is 79.9 Å². The van der Waals surface area contributed by atoms with E-state index < -0.39 is 0 Å². The van der Waals surface area contributed by atoms with Crippen LogP contribution in [0, 0.1) is 0 Å². The minimum atomic E-state index is -0.110. The quantitative estimate of drug-likeness (QED) is 0.195. The van der Waals surface area contributed by atoms with Crippen molar-refractivity contribution in [2.75, 3.05) is 0 Å². The lowest BCUT2D eigenvalue weighted by molar-refractivity contribution is 0.652. The van der Waals surface area contributed by atoms with Crippen LogP contribution in [0.5, 0.6) is 0 Å². The third-order valence-corrected chi connectivity index (χ3v) is 11.1. The average molecular weight is 631 g/mol. The van der Waals surface area contributed by atoms with E-state index in [0.29, 0.717) is 11.5 Å². The van der Waals surface area contributed by atoms with Crippen molar-refractivity contribution in [1.82, 2.24) is 9.97 Å². The molecule has 0 aliphatic heterocycles. The summed E-state index contributed by atoms with van der Waals surface area (Å²) in [6, 6.07) is 47.9. The topological polar surface area (TPSA) is 38.9 Å².